The van der Waals surface area contributed by atoms with Gasteiger partial charge in [-0.2, -0.15) is 0 Å². The number of hydrogen-bond donors (Lipinski definition) is 3. The van der Waals surface area contributed by atoms with E-state index in [1.54, 1.807) is 63.5 Å². The average molecular weight is 670 g/mol. The van der Waals surface area contributed by atoms with Crippen LogP contribution in [0, 0.1) is 5.92 Å². The van der Waals surface area contributed by atoms with Gasteiger partial charge in [0.1, 0.15) is 11.4 Å². The number of nitrogens with one attached hydrogen (secondary N) is 1. The van der Waals surface area contributed by atoms with Crippen LogP contribution in [0.1, 0.15) is 75.0 Å². The lowest BCUT2D eigenvalue weighted by Crippen LogP contribution is -2.40. The molecule has 0 saturated heterocycles. The summed E-state index contributed by atoms with van der Waals surface area (Å²) in [5, 5.41) is 19.7. The van der Waals surface area contributed by atoms with Gasteiger partial charge in [0.2, 0.25) is 10.0 Å². The molecule has 2 aromatic carbocycles. The number of pyridine rings is 1. The molecule has 1 heterocycles. The van der Waals surface area contributed by atoms with Crippen LogP contribution in [-0.4, -0.2) is 78.2 Å². The van der Waals surface area contributed by atoms with Crippen LogP contribution in [0.15, 0.2) is 67.0 Å². The second-order valence-electron chi connectivity index (χ2n) is 12.8. The molecule has 2 amide bonds. The lowest BCUT2D eigenvalue weighted by molar-refractivity contribution is 0.0141. The molecule has 0 radical (unpaired) electrons. The smallest absolute Gasteiger partial charge is 0.410 e. The third-order valence-electron chi connectivity index (χ3n) is 6.91. The van der Waals surface area contributed by atoms with Gasteiger partial charge in [-0.1, -0.05) is 50.2 Å². The lowest BCUT2D eigenvalue weighted by Gasteiger charge is -2.29. The third-order valence-corrected chi connectivity index (χ3v) is 8.24. The quantitative estimate of drug-likeness (QED) is 0.188. The Hall–Kier alpha value is -4.00. The van der Waals surface area contributed by atoms with Crippen molar-refractivity contribution in [2.24, 2.45) is 5.92 Å². The number of sulfonamides is 1. The van der Waals surface area contributed by atoms with Crippen molar-refractivity contribution in [3.63, 3.8) is 0 Å². The Labute approximate surface area is 278 Å². The number of rotatable bonds is 16. The number of carbonyl (C=O) groups excluding carboxylic acids is 2. The van der Waals surface area contributed by atoms with Crippen molar-refractivity contribution in [1.29, 1.82) is 0 Å². The fraction of sp³-hybridized carbons (Fsp3) is 0.457. The van der Waals surface area contributed by atoms with Crippen molar-refractivity contribution in [3.05, 3.63) is 83.7 Å². The molecule has 1 atom stereocenters. The number of aromatic nitrogens is 1. The summed E-state index contributed by atoms with van der Waals surface area (Å²) in [6, 6.07) is 16.4. The summed E-state index contributed by atoms with van der Waals surface area (Å²) in [6.07, 6.45) is 3.13. The minimum atomic E-state index is -3.91. The Morgan fingerprint density at radius 3 is 2.34 bits per heavy atom. The first kappa shape index (κ1) is 37.5. The number of benzene rings is 2. The number of aliphatic hydroxyl groups is 2. The first-order chi connectivity index (χ1) is 22.2. The Morgan fingerprint density at radius 1 is 1.02 bits per heavy atom. The Balaban J connectivity index is 1.71. The van der Waals surface area contributed by atoms with E-state index in [0.717, 1.165) is 16.7 Å². The minimum absolute atomic E-state index is 0.0194. The average Bonchev–Trinajstić information content (AvgIpc) is 3.01. The summed E-state index contributed by atoms with van der Waals surface area (Å²) in [5.74, 6) is -0.719. The Kier molecular flexibility index (Phi) is 13.7. The van der Waals surface area contributed by atoms with Gasteiger partial charge in [0.15, 0.2) is 0 Å². The molecule has 11 nitrogen and oxygen atoms in total. The monoisotopic (exact) mass is 669 g/mol. The molecule has 0 unspecified atom stereocenters. The van der Waals surface area contributed by atoms with Crippen molar-refractivity contribution in [2.75, 3.05) is 32.1 Å². The predicted molar refractivity (Wildman–Crippen MR) is 180 cm³/mol. The molecule has 0 fully saturated rings. The van der Waals surface area contributed by atoms with E-state index in [0.29, 0.717) is 31.6 Å². The predicted octanol–water partition coefficient (Wildman–Crippen LogP) is 5.13. The van der Waals surface area contributed by atoms with Gasteiger partial charge in [0.05, 0.1) is 30.6 Å². The van der Waals surface area contributed by atoms with E-state index >= 15 is 0 Å². The van der Waals surface area contributed by atoms with Crippen molar-refractivity contribution in [1.82, 2.24) is 14.6 Å². The largest absolute Gasteiger partial charge is 0.492 e. The number of aryl methyl sites for hydroxylation is 1. The molecule has 47 heavy (non-hydrogen) atoms. The van der Waals surface area contributed by atoms with Crippen LogP contribution in [-0.2, 0) is 21.2 Å². The molecular weight excluding hydrogens is 622 g/mol. The second-order valence-corrected chi connectivity index (χ2v) is 14.6. The molecular formula is C35H47N3O8S. The number of ether oxygens (including phenoxy) is 2. The van der Waals surface area contributed by atoms with E-state index in [-0.39, 0.29) is 42.6 Å². The van der Waals surface area contributed by atoms with Gasteiger partial charge in [-0.25, -0.2) is 17.9 Å². The van der Waals surface area contributed by atoms with Crippen molar-refractivity contribution < 1.29 is 37.7 Å². The highest BCUT2D eigenvalue weighted by Gasteiger charge is 2.25. The van der Waals surface area contributed by atoms with Crippen molar-refractivity contribution in [2.45, 2.75) is 65.6 Å². The van der Waals surface area contributed by atoms with E-state index in [4.69, 9.17) is 14.6 Å². The molecule has 256 valence electrons. The van der Waals surface area contributed by atoms with Gasteiger partial charge in [0, 0.05) is 31.1 Å². The topological polar surface area (TPSA) is 155 Å². The maximum Gasteiger partial charge on any atom is 0.410 e. The third kappa shape index (κ3) is 12.6. The van der Waals surface area contributed by atoms with E-state index in [1.165, 1.54) is 4.90 Å². The highest BCUT2D eigenvalue weighted by atomic mass is 32.2. The van der Waals surface area contributed by atoms with Gasteiger partial charge in [-0.05, 0) is 80.8 Å². The second kappa shape index (κ2) is 17.2. The van der Waals surface area contributed by atoms with Crippen LogP contribution >= 0.6 is 0 Å². The van der Waals surface area contributed by atoms with Gasteiger partial charge >= 0.3 is 6.09 Å². The van der Waals surface area contributed by atoms with Crippen LogP contribution in [0.4, 0.5) is 4.79 Å². The zero-order chi connectivity index (χ0) is 34.6. The molecule has 3 aromatic rings. The Morgan fingerprint density at radius 2 is 1.72 bits per heavy atom. The SMILES string of the molecule is CC(C)COc1cc(-c2ccc(CCCN(C[C@H](O)c3cccnc3)C(=O)OC(C)(C)C)cc2)ccc1C(=O)NS(=O)(=O)CCCO. The molecule has 3 N–H and O–H groups in total. The number of nitrogens with zero attached hydrogens (tertiary/aromatic N) is 2. The summed E-state index contributed by atoms with van der Waals surface area (Å²) >= 11 is 0. The molecule has 0 aliphatic rings. The van der Waals surface area contributed by atoms with E-state index < -0.39 is 33.7 Å². The van der Waals surface area contributed by atoms with Gasteiger partial charge in [0.25, 0.3) is 5.91 Å². The maximum absolute atomic E-state index is 13.0. The summed E-state index contributed by atoms with van der Waals surface area (Å²) < 4.78 is 38.1. The van der Waals surface area contributed by atoms with E-state index in [2.05, 4.69) is 9.71 Å². The lowest BCUT2D eigenvalue weighted by atomic mass is 10.00. The summed E-state index contributed by atoms with van der Waals surface area (Å²) in [6.45, 7) is 9.83. The molecule has 3 rings (SSSR count). The van der Waals surface area contributed by atoms with Crippen LogP contribution in [0.3, 0.4) is 0 Å². The van der Waals surface area contributed by atoms with Crippen LogP contribution < -0.4 is 9.46 Å². The van der Waals surface area contributed by atoms with Crippen molar-refractivity contribution in [3.8, 4) is 16.9 Å². The first-order valence-corrected chi connectivity index (χ1v) is 17.4. The molecule has 0 aliphatic carbocycles. The summed E-state index contributed by atoms with van der Waals surface area (Å²) in [7, 11) is -3.91. The number of amides is 2. The molecule has 0 aliphatic heterocycles. The standard InChI is InChI=1S/C35H47N3O8S/c1-25(2)24-45-32-21-28(15-16-30(32)33(41)37-47(43,44)20-8-19-39)27-13-11-26(12-14-27)9-7-18-38(34(42)46-35(3,4)5)23-31(40)29-10-6-17-36-22-29/h6,10-17,21-22,25,31,39-40H,7-9,18-20,23-24H2,1-5H3,(H,37,41)/t31-/m0/s1. The van der Waals surface area contributed by atoms with Crippen LogP contribution in [0.25, 0.3) is 11.1 Å². The summed E-state index contributed by atoms with van der Waals surface area (Å²) in [4.78, 5) is 31.4. The fourth-order valence-corrected chi connectivity index (χ4v) is 5.58. The summed E-state index contributed by atoms with van der Waals surface area (Å²) in [5.41, 5.74) is 2.75. The fourth-order valence-electron chi connectivity index (χ4n) is 4.58. The zero-order valence-corrected chi connectivity index (χ0v) is 28.6. The highest BCUT2D eigenvalue weighted by Crippen LogP contribution is 2.29. The van der Waals surface area contributed by atoms with Gasteiger partial charge in [-0.15, -0.1) is 0 Å². The number of carbonyl (C=O) groups is 2. The van der Waals surface area contributed by atoms with E-state index in [9.17, 15) is 23.1 Å². The molecule has 12 heteroatoms. The minimum Gasteiger partial charge on any atom is -0.492 e. The van der Waals surface area contributed by atoms with Crippen molar-refractivity contribution >= 4 is 22.0 Å². The van der Waals surface area contributed by atoms with E-state index in [1.807, 2.05) is 38.1 Å². The first-order valence-electron chi connectivity index (χ1n) is 15.7. The normalized spacial score (nSPS) is 12.4. The number of hydrogen-bond acceptors (Lipinski definition) is 9. The highest BCUT2D eigenvalue weighted by molar-refractivity contribution is 7.90. The maximum atomic E-state index is 13.0. The Bertz CT molecular complexity index is 1560. The molecule has 0 bridgehead atoms. The number of aliphatic hydroxyl groups excluding tert-OH is 2. The molecule has 0 saturated carbocycles. The zero-order valence-electron chi connectivity index (χ0n) is 27.8. The molecule has 0 spiro atoms. The van der Waals surface area contributed by atoms with Crippen LogP contribution in [0.5, 0.6) is 5.75 Å². The molecule has 1 aromatic heterocycles. The van der Waals surface area contributed by atoms with Gasteiger partial charge in [-0.3, -0.25) is 9.78 Å². The van der Waals surface area contributed by atoms with Crippen LogP contribution in [0.2, 0.25) is 0 Å². The van der Waals surface area contributed by atoms with Gasteiger partial charge < -0.3 is 24.6 Å².